The van der Waals surface area contributed by atoms with E-state index in [1.54, 1.807) is 6.20 Å². The average molecular weight is 247 g/mol. The Balaban J connectivity index is 1.86. The van der Waals surface area contributed by atoms with Crippen molar-refractivity contribution in [1.82, 2.24) is 10.3 Å². The molecule has 0 saturated heterocycles. The third kappa shape index (κ3) is 3.29. The Morgan fingerprint density at radius 1 is 1.56 bits per heavy atom. The molecule has 1 aliphatic rings. The zero-order valence-corrected chi connectivity index (χ0v) is 10.9. The van der Waals surface area contributed by atoms with Gasteiger partial charge in [0.25, 0.3) is 0 Å². The van der Waals surface area contributed by atoms with Crippen LogP contribution in [0.25, 0.3) is 0 Å². The van der Waals surface area contributed by atoms with Crippen molar-refractivity contribution in [2.24, 2.45) is 11.7 Å². The molecule has 1 fully saturated rings. The van der Waals surface area contributed by atoms with Crippen molar-refractivity contribution in [3.05, 3.63) is 29.6 Å². The quantitative estimate of drug-likeness (QED) is 0.851. The van der Waals surface area contributed by atoms with Crippen molar-refractivity contribution in [2.45, 2.75) is 45.2 Å². The van der Waals surface area contributed by atoms with E-state index in [0.29, 0.717) is 6.54 Å². The number of aryl methyl sites for hydroxylation is 1. The lowest BCUT2D eigenvalue weighted by molar-refractivity contribution is -0.126. The van der Waals surface area contributed by atoms with Crippen LogP contribution in [0.4, 0.5) is 0 Å². The molecule has 0 bridgehead atoms. The number of carbonyl (C=O) groups excluding carboxylic acids is 1. The molecule has 1 saturated carbocycles. The normalized spacial score (nSPS) is 23.7. The molecule has 0 aliphatic heterocycles. The number of amides is 1. The van der Waals surface area contributed by atoms with Gasteiger partial charge in [-0.2, -0.15) is 0 Å². The molecule has 4 heteroatoms. The highest BCUT2D eigenvalue weighted by atomic mass is 16.1. The number of nitrogens with zero attached hydrogens (tertiary/aromatic N) is 1. The molecule has 1 aromatic heterocycles. The first-order valence-corrected chi connectivity index (χ1v) is 6.59. The van der Waals surface area contributed by atoms with Gasteiger partial charge in [-0.1, -0.05) is 6.42 Å². The van der Waals surface area contributed by atoms with Crippen LogP contribution in [-0.4, -0.2) is 16.9 Å². The summed E-state index contributed by atoms with van der Waals surface area (Å²) in [6.45, 7) is 2.59. The Hall–Kier alpha value is -1.42. The average Bonchev–Trinajstić information content (AvgIpc) is 2.37. The van der Waals surface area contributed by atoms with Gasteiger partial charge in [0.15, 0.2) is 0 Å². The Bertz CT molecular complexity index is 419. The molecule has 4 nitrogen and oxygen atoms in total. The highest BCUT2D eigenvalue weighted by molar-refractivity contribution is 5.78. The molecule has 1 heterocycles. The molecule has 0 aromatic carbocycles. The fourth-order valence-electron chi connectivity index (χ4n) is 2.47. The van der Waals surface area contributed by atoms with Crippen molar-refractivity contribution in [3.63, 3.8) is 0 Å². The van der Waals surface area contributed by atoms with Gasteiger partial charge in [0.05, 0.1) is 0 Å². The van der Waals surface area contributed by atoms with Crippen molar-refractivity contribution >= 4 is 5.91 Å². The van der Waals surface area contributed by atoms with E-state index in [1.165, 1.54) is 0 Å². The number of carbonyl (C=O) groups is 1. The van der Waals surface area contributed by atoms with E-state index in [0.717, 1.165) is 36.8 Å². The minimum Gasteiger partial charge on any atom is -0.352 e. The van der Waals surface area contributed by atoms with Gasteiger partial charge in [-0.15, -0.1) is 0 Å². The lowest BCUT2D eigenvalue weighted by Crippen LogP contribution is -2.37. The summed E-state index contributed by atoms with van der Waals surface area (Å²) in [6, 6.07) is 2.15. The minimum absolute atomic E-state index is 0.0886. The molecule has 1 amide bonds. The van der Waals surface area contributed by atoms with Gasteiger partial charge in [0, 0.05) is 30.9 Å². The van der Waals surface area contributed by atoms with Gasteiger partial charge in [-0.3, -0.25) is 9.78 Å². The minimum atomic E-state index is 0.0886. The summed E-state index contributed by atoms with van der Waals surface area (Å²) < 4.78 is 0. The van der Waals surface area contributed by atoms with Gasteiger partial charge >= 0.3 is 0 Å². The van der Waals surface area contributed by atoms with E-state index in [-0.39, 0.29) is 17.9 Å². The third-order valence-corrected chi connectivity index (χ3v) is 3.69. The summed E-state index contributed by atoms with van der Waals surface area (Å²) in [7, 11) is 0. The molecule has 2 unspecified atom stereocenters. The van der Waals surface area contributed by atoms with Crippen molar-refractivity contribution in [2.75, 3.05) is 0 Å². The predicted octanol–water partition coefficient (Wildman–Crippen LogP) is 1.52. The summed E-state index contributed by atoms with van der Waals surface area (Å²) in [6.07, 6.45) is 7.46. The number of hydrogen-bond donors (Lipinski definition) is 2. The standard InChI is InChI=1S/C14H21N3O/c1-10-5-6-16-8-12(10)9-17-14(18)11-3-2-4-13(15)7-11/h5-6,8,11,13H,2-4,7,9,15H2,1H3,(H,17,18). The monoisotopic (exact) mass is 247 g/mol. The molecule has 3 N–H and O–H groups in total. The van der Waals surface area contributed by atoms with Crippen LogP contribution in [0, 0.1) is 12.8 Å². The highest BCUT2D eigenvalue weighted by Crippen LogP contribution is 2.23. The van der Waals surface area contributed by atoms with E-state index in [2.05, 4.69) is 10.3 Å². The number of nitrogens with two attached hydrogens (primary N) is 1. The van der Waals surface area contributed by atoms with Crippen LogP contribution >= 0.6 is 0 Å². The Morgan fingerprint density at radius 2 is 2.39 bits per heavy atom. The van der Waals surface area contributed by atoms with Crippen molar-refractivity contribution in [3.8, 4) is 0 Å². The highest BCUT2D eigenvalue weighted by Gasteiger charge is 2.24. The Morgan fingerprint density at radius 3 is 3.11 bits per heavy atom. The summed E-state index contributed by atoms with van der Waals surface area (Å²) in [5, 5.41) is 3.00. The van der Waals surface area contributed by atoms with Gasteiger partial charge < -0.3 is 11.1 Å². The van der Waals surface area contributed by atoms with Crippen LogP contribution in [0.15, 0.2) is 18.5 Å². The van der Waals surface area contributed by atoms with E-state index in [1.807, 2.05) is 19.2 Å². The molecule has 1 aliphatic carbocycles. The lowest BCUT2D eigenvalue weighted by atomic mass is 9.85. The van der Waals surface area contributed by atoms with E-state index in [4.69, 9.17) is 5.73 Å². The van der Waals surface area contributed by atoms with Crippen LogP contribution in [-0.2, 0) is 11.3 Å². The molecule has 18 heavy (non-hydrogen) atoms. The number of rotatable bonds is 3. The maximum atomic E-state index is 12.0. The van der Waals surface area contributed by atoms with Crippen LogP contribution in [0.2, 0.25) is 0 Å². The maximum Gasteiger partial charge on any atom is 0.223 e. The Kier molecular flexibility index (Phi) is 4.31. The first kappa shape index (κ1) is 13.0. The van der Waals surface area contributed by atoms with Gasteiger partial charge in [-0.25, -0.2) is 0 Å². The molecule has 98 valence electrons. The van der Waals surface area contributed by atoms with Crippen molar-refractivity contribution < 1.29 is 4.79 Å². The molecular formula is C14H21N3O. The second-order valence-corrected chi connectivity index (χ2v) is 5.14. The molecule has 1 aromatic rings. The topological polar surface area (TPSA) is 68.0 Å². The van der Waals surface area contributed by atoms with Gasteiger partial charge in [-0.05, 0) is 43.4 Å². The van der Waals surface area contributed by atoms with E-state index >= 15 is 0 Å². The molecule has 2 rings (SSSR count). The first-order chi connectivity index (χ1) is 8.66. The van der Waals surface area contributed by atoms with Crippen LogP contribution in [0.3, 0.4) is 0 Å². The van der Waals surface area contributed by atoms with Crippen LogP contribution < -0.4 is 11.1 Å². The SMILES string of the molecule is Cc1ccncc1CNC(=O)C1CCCC(N)C1. The molecule has 2 atom stereocenters. The smallest absolute Gasteiger partial charge is 0.223 e. The third-order valence-electron chi connectivity index (χ3n) is 3.69. The second kappa shape index (κ2) is 5.96. The Labute approximate surface area is 108 Å². The maximum absolute atomic E-state index is 12.0. The summed E-state index contributed by atoms with van der Waals surface area (Å²) in [5.74, 6) is 0.221. The number of hydrogen-bond acceptors (Lipinski definition) is 3. The molecular weight excluding hydrogens is 226 g/mol. The molecule has 0 radical (unpaired) electrons. The molecule has 0 spiro atoms. The van der Waals surface area contributed by atoms with Crippen LogP contribution in [0.5, 0.6) is 0 Å². The van der Waals surface area contributed by atoms with Crippen LogP contribution in [0.1, 0.15) is 36.8 Å². The largest absolute Gasteiger partial charge is 0.352 e. The fraction of sp³-hybridized carbons (Fsp3) is 0.571. The van der Waals surface area contributed by atoms with E-state index < -0.39 is 0 Å². The lowest BCUT2D eigenvalue weighted by Gasteiger charge is -2.25. The first-order valence-electron chi connectivity index (χ1n) is 6.59. The van der Waals surface area contributed by atoms with Gasteiger partial charge in [0.1, 0.15) is 0 Å². The number of nitrogens with one attached hydrogen (secondary N) is 1. The number of aromatic nitrogens is 1. The second-order valence-electron chi connectivity index (χ2n) is 5.14. The summed E-state index contributed by atoms with van der Waals surface area (Å²) >= 11 is 0. The summed E-state index contributed by atoms with van der Waals surface area (Å²) in [5.41, 5.74) is 8.14. The van der Waals surface area contributed by atoms with Gasteiger partial charge in [0.2, 0.25) is 5.91 Å². The van der Waals surface area contributed by atoms with Crippen molar-refractivity contribution in [1.29, 1.82) is 0 Å². The summed E-state index contributed by atoms with van der Waals surface area (Å²) in [4.78, 5) is 16.1. The number of pyridine rings is 1. The zero-order chi connectivity index (χ0) is 13.0. The fourth-order valence-corrected chi connectivity index (χ4v) is 2.47. The predicted molar refractivity (Wildman–Crippen MR) is 70.8 cm³/mol. The van der Waals surface area contributed by atoms with E-state index in [9.17, 15) is 4.79 Å². The zero-order valence-electron chi connectivity index (χ0n) is 10.9.